The molecule has 0 bridgehead atoms. The molecular weight excluding hydrogens is 131 g/mol. The van der Waals surface area contributed by atoms with Gasteiger partial charge in [-0.1, -0.05) is 13.7 Å². The molecule has 1 rings (SSSR count). The molecule has 0 aliphatic heterocycles. The van der Waals surface area contributed by atoms with Crippen molar-refractivity contribution in [1.29, 1.82) is 0 Å². The molecule has 1 radical (unpaired) electrons. The van der Waals surface area contributed by atoms with Crippen molar-refractivity contribution in [3.8, 4) is 0 Å². The van der Waals surface area contributed by atoms with Gasteiger partial charge in [-0.2, -0.15) is 0 Å². The molecule has 1 heterocycles. The molecule has 0 amide bonds. The van der Waals surface area contributed by atoms with Crippen LogP contribution in [0.1, 0.15) is 18.6 Å². The summed E-state index contributed by atoms with van der Waals surface area (Å²) in [5, 5.41) is 5.84. The molecule has 0 fully saturated rings. The number of H-pyrrole nitrogens is 1. The Bertz CT molecular complexity index is 254. The third-order valence-electron chi connectivity index (χ3n) is 1.34. The minimum atomic E-state index is -0.497. The number of nitrogens with one attached hydrogen (secondary N) is 1. The Morgan fingerprint density at radius 1 is 1.80 bits per heavy atom. The van der Waals surface area contributed by atoms with Gasteiger partial charge in [-0.05, 0) is 0 Å². The molecule has 4 nitrogen and oxygen atoms in total. The second-order valence-electron chi connectivity index (χ2n) is 2.07. The Balaban J connectivity index is 2.84. The van der Waals surface area contributed by atoms with E-state index in [2.05, 4.69) is 14.6 Å². The summed E-state index contributed by atoms with van der Waals surface area (Å²) in [5.74, 6) is 0.0372. The van der Waals surface area contributed by atoms with E-state index in [9.17, 15) is 4.79 Å². The molecule has 1 unspecified atom stereocenters. The van der Waals surface area contributed by atoms with E-state index in [0.717, 1.165) is 0 Å². The second kappa shape index (κ2) is 2.73. The molecule has 1 atom stereocenters. The van der Waals surface area contributed by atoms with Crippen LogP contribution in [0.3, 0.4) is 0 Å². The second-order valence-corrected chi connectivity index (χ2v) is 2.07. The van der Waals surface area contributed by atoms with Gasteiger partial charge in [0.05, 0.1) is 0 Å². The summed E-state index contributed by atoms with van der Waals surface area (Å²) in [4.78, 5) is 10.4. The normalized spacial score (nSPS) is 13.0. The Labute approximate surface area is 58.9 Å². The average Bonchev–Trinajstić information content (AvgIpc) is 2.34. The van der Waals surface area contributed by atoms with Crippen molar-refractivity contribution in [3.05, 3.63) is 16.4 Å². The van der Waals surface area contributed by atoms with Crippen LogP contribution < -0.4 is 5.76 Å². The van der Waals surface area contributed by atoms with Gasteiger partial charge in [-0.3, -0.25) is 0 Å². The van der Waals surface area contributed by atoms with Gasteiger partial charge in [0, 0.05) is 5.82 Å². The lowest BCUT2D eigenvalue weighted by molar-refractivity contribution is 0.462. The summed E-state index contributed by atoms with van der Waals surface area (Å²) in [6.07, 6.45) is 0. The Hall–Kier alpha value is -0.995. The molecule has 53 valence electrons. The van der Waals surface area contributed by atoms with Gasteiger partial charge in [0.2, 0.25) is 5.89 Å². The highest BCUT2D eigenvalue weighted by molar-refractivity contribution is 6.35. The van der Waals surface area contributed by atoms with E-state index in [1.807, 2.05) is 21.0 Å². The van der Waals surface area contributed by atoms with Crippen LogP contribution >= 0.6 is 0 Å². The minimum Gasteiger partial charge on any atom is -0.393 e. The Morgan fingerprint density at radius 2 is 2.50 bits per heavy atom. The lowest BCUT2D eigenvalue weighted by Gasteiger charge is -1.96. The molecule has 5 heteroatoms. The van der Waals surface area contributed by atoms with Crippen LogP contribution in [0.25, 0.3) is 0 Å². The van der Waals surface area contributed by atoms with Crippen molar-refractivity contribution < 1.29 is 4.42 Å². The molecule has 0 aliphatic rings. The molecule has 10 heavy (non-hydrogen) atoms. The Morgan fingerprint density at radius 3 is 2.90 bits per heavy atom. The van der Waals surface area contributed by atoms with Gasteiger partial charge < -0.3 is 4.42 Å². The zero-order valence-corrected chi connectivity index (χ0v) is 5.92. The quantitative estimate of drug-likeness (QED) is 0.594. The zero-order chi connectivity index (χ0) is 7.56. The lowest BCUT2D eigenvalue weighted by atomic mass is 9.68. The first kappa shape index (κ1) is 7.12. The van der Waals surface area contributed by atoms with E-state index < -0.39 is 5.76 Å². The number of nitrogens with zero attached hydrogens (tertiary/aromatic N) is 1. The predicted molar refractivity (Wildman–Crippen MR) is 37.2 cm³/mol. The third kappa shape index (κ3) is 1.29. The van der Waals surface area contributed by atoms with Crippen molar-refractivity contribution in [2.45, 2.75) is 19.6 Å². The third-order valence-corrected chi connectivity index (χ3v) is 1.34. The maximum atomic E-state index is 10.4. The fraction of sp³-hybridized carbons (Fsp3) is 0.600. The molecule has 0 aromatic carbocycles. The van der Waals surface area contributed by atoms with Crippen LogP contribution in [0.15, 0.2) is 9.21 Å². The summed E-state index contributed by atoms with van der Waals surface area (Å²) in [6.45, 7) is 3.79. The van der Waals surface area contributed by atoms with Crippen molar-refractivity contribution in [3.63, 3.8) is 0 Å². The first-order valence-electron chi connectivity index (χ1n) is 3.09. The summed E-state index contributed by atoms with van der Waals surface area (Å²) < 4.78 is 4.68. The standard InChI is InChI=1S/C5H8BN2O2/c1-3(6-2)4-7-8-5(9)10-4/h3H,1-2H3,(H,8,9). The van der Waals surface area contributed by atoms with Gasteiger partial charge in [0.1, 0.15) is 7.28 Å². The van der Waals surface area contributed by atoms with Crippen LogP contribution in [0.4, 0.5) is 0 Å². The summed E-state index contributed by atoms with van der Waals surface area (Å²) in [7, 11) is 1.90. The Kier molecular flexibility index (Phi) is 1.94. The van der Waals surface area contributed by atoms with Gasteiger partial charge in [-0.15, -0.1) is 5.10 Å². The maximum absolute atomic E-state index is 10.4. The van der Waals surface area contributed by atoms with Crippen molar-refractivity contribution in [2.75, 3.05) is 0 Å². The van der Waals surface area contributed by atoms with Crippen LogP contribution in [-0.4, -0.2) is 17.5 Å². The van der Waals surface area contributed by atoms with E-state index in [1.165, 1.54) is 0 Å². The minimum absolute atomic E-state index is 0.0962. The van der Waals surface area contributed by atoms with Gasteiger partial charge in [0.25, 0.3) is 0 Å². The van der Waals surface area contributed by atoms with E-state index in [1.54, 1.807) is 0 Å². The fourth-order valence-corrected chi connectivity index (χ4v) is 0.579. The predicted octanol–water partition coefficient (Wildman–Crippen LogP) is 0.176. The van der Waals surface area contributed by atoms with Crippen LogP contribution in [0.5, 0.6) is 0 Å². The van der Waals surface area contributed by atoms with Crippen LogP contribution in [0, 0.1) is 0 Å². The van der Waals surface area contributed by atoms with E-state index in [-0.39, 0.29) is 5.82 Å². The number of hydrogen-bond donors (Lipinski definition) is 1. The van der Waals surface area contributed by atoms with Crippen LogP contribution in [-0.2, 0) is 0 Å². The lowest BCUT2D eigenvalue weighted by Crippen LogP contribution is -1.99. The van der Waals surface area contributed by atoms with Crippen LogP contribution in [0.2, 0.25) is 6.82 Å². The molecular formula is C5H8BN2O2. The highest BCUT2D eigenvalue weighted by Gasteiger charge is 2.08. The van der Waals surface area contributed by atoms with E-state index in [4.69, 9.17) is 0 Å². The highest BCUT2D eigenvalue weighted by Crippen LogP contribution is 2.06. The van der Waals surface area contributed by atoms with E-state index >= 15 is 0 Å². The average molecular weight is 139 g/mol. The first-order valence-corrected chi connectivity index (χ1v) is 3.09. The van der Waals surface area contributed by atoms with Gasteiger partial charge in [0.15, 0.2) is 0 Å². The molecule has 0 saturated heterocycles. The van der Waals surface area contributed by atoms with Crippen molar-refractivity contribution in [1.82, 2.24) is 10.2 Å². The molecule has 0 spiro atoms. The first-order chi connectivity index (χ1) is 4.74. The molecule has 0 aliphatic carbocycles. The number of aromatic amines is 1. The summed E-state index contributed by atoms with van der Waals surface area (Å²) in [6, 6.07) is 0. The van der Waals surface area contributed by atoms with Gasteiger partial charge >= 0.3 is 5.76 Å². The number of hydrogen-bond acceptors (Lipinski definition) is 3. The smallest absolute Gasteiger partial charge is 0.393 e. The highest BCUT2D eigenvalue weighted by atomic mass is 16.4. The number of rotatable bonds is 2. The topological polar surface area (TPSA) is 58.9 Å². The molecule has 1 aromatic rings. The largest absolute Gasteiger partial charge is 0.434 e. The summed E-state index contributed by atoms with van der Waals surface area (Å²) >= 11 is 0. The van der Waals surface area contributed by atoms with Gasteiger partial charge in [-0.25, -0.2) is 9.89 Å². The summed E-state index contributed by atoms with van der Waals surface area (Å²) in [5.41, 5.74) is 0. The van der Waals surface area contributed by atoms with Crippen molar-refractivity contribution >= 4 is 7.28 Å². The maximum Gasteiger partial charge on any atom is 0.434 e. The SMILES string of the molecule is C[B]C(C)c1n[nH]c(=O)o1. The molecule has 1 aromatic heterocycles. The van der Waals surface area contributed by atoms with E-state index in [0.29, 0.717) is 5.89 Å². The van der Waals surface area contributed by atoms with Crippen molar-refractivity contribution in [2.24, 2.45) is 0 Å². The zero-order valence-electron chi connectivity index (χ0n) is 5.92. The fourth-order valence-electron chi connectivity index (χ4n) is 0.579. The number of aromatic nitrogens is 2. The monoisotopic (exact) mass is 139 g/mol. The molecule has 1 N–H and O–H groups in total. The molecule has 0 saturated carbocycles.